The molecule has 1 amide bonds. The second-order valence-electron chi connectivity index (χ2n) is 4.93. The van der Waals surface area contributed by atoms with Gasteiger partial charge in [-0.1, -0.05) is 0 Å². The summed E-state index contributed by atoms with van der Waals surface area (Å²) in [5.74, 6) is 5.42. The van der Waals surface area contributed by atoms with Gasteiger partial charge < -0.3 is 14.2 Å². The molecule has 2 aliphatic rings. The fourth-order valence-electron chi connectivity index (χ4n) is 2.39. The predicted octanol–water partition coefficient (Wildman–Crippen LogP) is -0.0329. The van der Waals surface area contributed by atoms with Crippen molar-refractivity contribution in [3.63, 3.8) is 0 Å². The topological polar surface area (TPSA) is 82.8 Å². The fraction of sp³-hybridized carbons (Fsp3) is 0.917. The fourth-order valence-corrected chi connectivity index (χ4v) is 2.39. The summed E-state index contributed by atoms with van der Waals surface area (Å²) in [7, 11) is 0. The number of hydrogen-bond acceptors (Lipinski definition) is 5. The first-order valence-electron chi connectivity index (χ1n) is 6.61. The molecular weight excluding hydrogens is 236 g/mol. The highest BCUT2D eigenvalue weighted by Gasteiger charge is 2.30. The first-order chi connectivity index (χ1) is 8.79. The third kappa shape index (κ3) is 3.91. The summed E-state index contributed by atoms with van der Waals surface area (Å²) < 4.78 is 16.5. The van der Waals surface area contributed by atoms with Crippen molar-refractivity contribution in [2.45, 2.75) is 37.9 Å². The molecule has 2 rings (SSSR count). The van der Waals surface area contributed by atoms with Gasteiger partial charge in [0.1, 0.15) is 6.10 Å². The lowest BCUT2D eigenvalue weighted by Gasteiger charge is -2.22. The van der Waals surface area contributed by atoms with E-state index < -0.39 is 6.10 Å². The molecule has 2 aliphatic heterocycles. The van der Waals surface area contributed by atoms with Gasteiger partial charge in [0.05, 0.1) is 12.7 Å². The number of hydrazine groups is 1. The van der Waals surface area contributed by atoms with Gasteiger partial charge in [0.15, 0.2) is 0 Å². The molecule has 0 spiro atoms. The van der Waals surface area contributed by atoms with Crippen LogP contribution in [-0.4, -0.2) is 44.5 Å². The zero-order chi connectivity index (χ0) is 12.8. The standard InChI is InChI=1S/C12H22N2O4/c13-14-12(15)11-2-1-10(18-11)8-17-7-9-3-5-16-6-4-9/h9-11H,1-8,13H2,(H,14,15). The Labute approximate surface area is 107 Å². The van der Waals surface area contributed by atoms with E-state index in [1.165, 1.54) is 0 Å². The normalized spacial score (nSPS) is 29.4. The van der Waals surface area contributed by atoms with E-state index in [2.05, 4.69) is 5.43 Å². The summed E-state index contributed by atoms with van der Waals surface area (Å²) in [5, 5.41) is 0. The molecule has 0 bridgehead atoms. The van der Waals surface area contributed by atoms with Gasteiger partial charge in [-0.15, -0.1) is 0 Å². The lowest BCUT2D eigenvalue weighted by Crippen LogP contribution is -2.39. The predicted molar refractivity (Wildman–Crippen MR) is 64.6 cm³/mol. The minimum atomic E-state index is -0.410. The van der Waals surface area contributed by atoms with Crippen LogP contribution in [0.2, 0.25) is 0 Å². The zero-order valence-electron chi connectivity index (χ0n) is 10.6. The molecule has 104 valence electrons. The van der Waals surface area contributed by atoms with E-state index in [1.807, 2.05) is 0 Å². The minimum Gasteiger partial charge on any atom is -0.381 e. The van der Waals surface area contributed by atoms with E-state index in [1.54, 1.807) is 0 Å². The summed E-state index contributed by atoms with van der Waals surface area (Å²) in [6.45, 7) is 3.00. The molecule has 2 atom stereocenters. The van der Waals surface area contributed by atoms with Gasteiger partial charge in [0.25, 0.3) is 5.91 Å². The van der Waals surface area contributed by atoms with E-state index in [9.17, 15) is 4.79 Å². The number of carbonyl (C=O) groups excluding carboxylic acids is 1. The number of carbonyl (C=O) groups is 1. The Kier molecular flexibility index (Phi) is 5.37. The largest absolute Gasteiger partial charge is 0.381 e. The smallest absolute Gasteiger partial charge is 0.263 e. The monoisotopic (exact) mass is 258 g/mol. The maximum atomic E-state index is 11.3. The second kappa shape index (κ2) is 7.04. The van der Waals surface area contributed by atoms with Crippen LogP contribution in [0.15, 0.2) is 0 Å². The Morgan fingerprint density at radius 2 is 2.00 bits per heavy atom. The molecule has 2 unspecified atom stereocenters. The van der Waals surface area contributed by atoms with Crippen molar-refractivity contribution in [1.82, 2.24) is 5.43 Å². The van der Waals surface area contributed by atoms with Crippen molar-refractivity contribution in [3.05, 3.63) is 0 Å². The number of nitrogens with two attached hydrogens (primary N) is 1. The molecule has 0 aromatic rings. The maximum absolute atomic E-state index is 11.3. The number of rotatable bonds is 5. The van der Waals surface area contributed by atoms with Crippen molar-refractivity contribution in [2.75, 3.05) is 26.4 Å². The summed E-state index contributed by atoms with van der Waals surface area (Å²) in [4.78, 5) is 11.3. The summed E-state index contributed by atoms with van der Waals surface area (Å²) in [5.41, 5.74) is 2.12. The van der Waals surface area contributed by atoms with Crippen molar-refractivity contribution in [3.8, 4) is 0 Å². The highest BCUT2D eigenvalue weighted by atomic mass is 16.5. The molecule has 0 radical (unpaired) electrons. The lowest BCUT2D eigenvalue weighted by atomic mass is 10.0. The van der Waals surface area contributed by atoms with E-state index >= 15 is 0 Å². The molecule has 2 heterocycles. The van der Waals surface area contributed by atoms with Crippen molar-refractivity contribution in [2.24, 2.45) is 11.8 Å². The van der Waals surface area contributed by atoms with Crippen LogP contribution in [0, 0.1) is 5.92 Å². The second-order valence-corrected chi connectivity index (χ2v) is 4.93. The highest BCUT2D eigenvalue weighted by Crippen LogP contribution is 2.21. The van der Waals surface area contributed by atoms with Crippen LogP contribution >= 0.6 is 0 Å². The third-order valence-corrected chi connectivity index (χ3v) is 3.54. The van der Waals surface area contributed by atoms with Crippen LogP contribution in [-0.2, 0) is 19.0 Å². The lowest BCUT2D eigenvalue weighted by molar-refractivity contribution is -0.133. The van der Waals surface area contributed by atoms with Crippen molar-refractivity contribution < 1.29 is 19.0 Å². The average molecular weight is 258 g/mol. The number of hydrogen-bond donors (Lipinski definition) is 2. The Bertz CT molecular complexity index is 269. The van der Waals surface area contributed by atoms with Gasteiger partial charge in [-0.25, -0.2) is 5.84 Å². The molecule has 3 N–H and O–H groups in total. The van der Waals surface area contributed by atoms with Gasteiger partial charge in [-0.2, -0.15) is 0 Å². The van der Waals surface area contributed by atoms with Crippen LogP contribution in [0.3, 0.4) is 0 Å². The minimum absolute atomic E-state index is 0.0205. The van der Waals surface area contributed by atoms with Crippen LogP contribution in [0.5, 0.6) is 0 Å². The molecule has 18 heavy (non-hydrogen) atoms. The quantitative estimate of drug-likeness (QED) is 0.411. The SMILES string of the molecule is NNC(=O)C1CCC(COCC2CCOCC2)O1. The van der Waals surface area contributed by atoms with Crippen molar-refractivity contribution >= 4 is 5.91 Å². The zero-order valence-corrected chi connectivity index (χ0v) is 10.6. The van der Waals surface area contributed by atoms with E-state index in [-0.39, 0.29) is 12.0 Å². The summed E-state index contributed by atoms with van der Waals surface area (Å²) >= 11 is 0. The van der Waals surface area contributed by atoms with Crippen LogP contribution in [0.25, 0.3) is 0 Å². The summed E-state index contributed by atoms with van der Waals surface area (Å²) in [6, 6.07) is 0. The highest BCUT2D eigenvalue weighted by molar-refractivity contribution is 5.80. The average Bonchev–Trinajstić information content (AvgIpc) is 2.88. The van der Waals surface area contributed by atoms with Crippen LogP contribution in [0.4, 0.5) is 0 Å². The molecule has 2 saturated heterocycles. The first kappa shape index (κ1) is 13.7. The Hall–Kier alpha value is -0.690. The van der Waals surface area contributed by atoms with E-state index in [0.29, 0.717) is 18.9 Å². The van der Waals surface area contributed by atoms with Gasteiger partial charge in [0, 0.05) is 19.8 Å². The molecule has 0 aliphatic carbocycles. The van der Waals surface area contributed by atoms with Crippen molar-refractivity contribution in [1.29, 1.82) is 0 Å². The van der Waals surface area contributed by atoms with Crippen LogP contribution < -0.4 is 11.3 Å². The maximum Gasteiger partial charge on any atom is 0.263 e. The first-order valence-corrected chi connectivity index (χ1v) is 6.61. The molecule has 0 aromatic heterocycles. The van der Waals surface area contributed by atoms with Gasteiger partial charge >= 0.3 is 0 Å². The number of amides is 1. The van der Waals surface area contributed by atoms with Gasteiger partial charge in [-0.3, -0.25) is 10.2 Å². The molecule has 2 fully saturated rings. The molecule has 6 nitrogen and oxygen atoms in total. The van der Waals surface area contributed by atoms with E-state index in [4.69, 9.17) is 20.1 Å². The Morgan fingerprint density at radius 3 is 2.72 bits per heavy atom. The molecule has 0 aromatic carbocycles. The number of nitrogens with one attached hydrogen (secondary N) is 1. The number of ether oxygens (including phenoxy) is 3. The van der Waals surface area contributed by atoms with Crippen LogP contribution in [0.1, 0.15) is 25.7 Å². The molecular formula is C12H22N2O4. The van der Waals surface area contributed by atoms with Gasteiger partial charge in [0.2, 0.25) is 0 Å². The Morgan fingerprint density at radius 1 is 1.22 bits per heavy atom. The summed E-state index contributed by atoms with van der Waals surface area (Å²) in [6.07, 6.45) is 3.33. The Balaban J connectivity index is 1.58. The van der Waals surface area contributed by atoms with E-state index in [0.717, 1.165) is 39.1 Å². The third-order valence-electron chi connectivity index (χ3n) is 3.54. The molecule has 6 heteroatoms. The van der Waals surface area contributed by atoms with Gasteiger partial charge in [-0.05, 0) is 31.6 Å². The molecule has 0 saturated carbocycles.